The standard InChI is InChI=1S/C10H15ClN2OS/c1-3-9-12-8(11)6-10(13-9)15-7(2)4-5-14/h6-7,14H,3-5H2,1-2H3. The zero-order chi connectivity index (χ0) is 11.3. The second-order valence-electron chi connectivity index (χ2n) is 3.24. The molecular weight excluding hydrogens is 232 g/mol. The van der Waals surface area contributed by atoms with E-state index < -0.39 is 0 Å². The van der Waals surface area contributed by atoms with Gasteiger partial charge < -0.3 is 5.11 Å². The fourth-order valence-corrected chi connectivity index (χ4v) is 2.35. The third-order valence-electron chi connectivity index (χ3n) is 1.89. The monoisotopic (exact) mass is 246 g/mol. The topological polar surface area (TPSA) is 46.0 Å². The summed E-state index contributed by atoms with van der Waals surface area (Å²) in [6, 6.07) is 1.76. The van der Waals surface area contributed by atoms with Crippen LogP contribution in [0, 0.1) is 0 Å². The molecule has 0 aliphatic rings. The lowest BCUT2D eigenvalue weighted by molar-refractivity contribution is 0.289. The summed E-state index contributed by atoms with van der Waals surface area (Å²) < 4.78 is 0. The van der Waals surface area contributed by atoms with Crippen molar-refractivity contribution >= 4 is 23.4 Å². The number of nitrogens with zero attached hydrogens (tertiary/aromatic N) is 2. The molecule has 0 bridgehead atoms. The average Bonchev–Trinajstić information content (AvgIpc) is 2.17. The summed E-state index contributed by atoms with van der Waals surface area (Å²) in [6.07, 6.45) is 1.54. The number of halogens is 1. The Bertz CT molecular complexity index is 322. The smallest absolute Gasteiger partial charge is 0.133 e. The van der Waals surface area contributed by atoms with E-state index in [0.717, 1.165) is 23.7 Å². The highest BCUT2D eigenvalue weighted by Crippen LogP contribution is 2.24. The number of aromatic nitrogens is 2. The molecule has 15 heavy (non-hydrogen) atoms. The normalized spacial score (nSPS) is 12.8. The Morgan fingerprint density at radius 3 is 2.87 bits per heavy atom. The molecule has 0 saturated heterocycles. The van der Waals surface area contributed by atoms with Gasteiger partial charge in [0.15, 0.2) is 0 Å². The van der Waals surface area contributed by atoms with Crippen molar-refractivity contribution in [3.8, 4) is 0 Å². The van der Waals surface area contributed by atoms with Crippen molar-refractivity contribution in [1.82, 2.24) is 9.97 Å². The fourth-order valence-electron chi connectivity index (χ4n) is 1.11. The molecule has 1 aromatic rings. The molecule has 3 nitrogen and oxygen atoms in total. The number of hydrogen-bond acceptors (Lipinski definition) is 4. The Morgan fingerprint density at radius 2 is 2.27 bits per heavy atom. The minimum atomic E-state index is 0.202. The number of aryl methyl sites for hydroxylation is 1. The quantitative estimate of drug-likeness (QED) is 0.641. The van der Waals surface area contributed by atoms with E-state index in [9.17, 15) is 0 Å². The Labute approximate surface area is 99.3 Å². The Hall–Kier alpha value is -0.320. The molecule has 1 atom stereocenters. The van der Waals surface area contributed by atoms with Crippen LogP contribution in [-0.4, -0.2) is 26.9 Å². The Balaban J connectivity index is 2.71. The van der Waals surface area contributed by atoms with Gasteiger partial charge in [0.05, 0.1) is 0 Å². The molecule has 0 aromatic carbocycles. The van der Waals surface area contributed by atoms with E-state index in [1.807, 2.05) is 6.92 Å². The highest BCUT2D eigenvalue weighted by Gasteiger charge is 2.07. The summed E-state index contributed by atoms with van der Waals surface area (Å²) in [4.78, 5) is 8.46. The van der Waals surface area contributed by atoms with Crippen LogP contribution >= 0.6 is 23.4 Å². The third-order valence-corrected chi connectivity index (χ3v) is 3.17. The minimum Gasteiger partial charge on any atom is -0.396 e. The van der Waals surface area contributed by atoms with Crippen molar-refractivity contribution in [1.29, 1.82) is 0 Å². The van der Waals surface area contributed by atoms with Gasteiger partial charge in [0.2, 0.25) is 0 Å². The van der Waals surface area contributed by atoms with Crippen LogP contribution in [0.15, 0.2) is 11.1 Å². The van der Waals surface area contributed by atoms with E-state index in [0.29, 0.717) is 10.4 Å². The van der Waals surface area contributed by atoms with E-state index in [4.69, 9.17) is 16.7 Å². The molecule has 1 rings (SSSR count). The molecular formula is C10H15ClN2OS. The maximum Gasteiger partial charge on any atom is 0.133 e. The van der Waals surface area contributed by atoms with Crippen LogP contribution < -0.4 is 0 Å². The summed E-state index contributed by atoms with van der Waals surface area (Å²) in [7, 11) is 0. The second-order valence-corrected chi connectivity index (χ2v) is 5.09. The number of rotatable bonds is 5. The Morgan fingerprint density at radius 1 is 1.53 bits per heavy atom. The molecule has 1 N–H and O–H groups in total. The first kappa shape index (κ1) is 12.7. The van der Waals surface area contributed by atoms with Gasteiger partial charge in [-0.3, -0.25) is 0 Å². The first-order valence-corrected chi connectivity index (χ1v) is 6.22. The van der Waals surface area contributed by atoms with Gasteiger partial charge in [-0.2, -0.15) is 0 Å². The van der Waals surface area contributed by atoms with Crippen molar-refractivity contribution in [3.63, 3.8) is 0 Å². The van der Waals surface area contributed by atoms with E-state index in [1.165, 1.54) is 0 Å². The molecule has 0 saturated carbocycles. The Kier molecular flexibility index (Phi) is 5.36. The molecule has 5 heteroatoms. The summed E-state index contributed by atoms with van der Waals surface area (Å²) >= 11 is 7.49. The van der Waals surface area contributed by atoms with Crippen molar-refractivity contribution in [3.05, 3.63) is 17.0 Å². The average molecular weight is 247 g/mol. The predicted octanol–water partition coefficient (Wildman–Crippen LogP) is 2.56. The van der Waals surface area contributed by atoms with E-state index >= 15 is 0 Å². The zero-order valence-electron chi connectivity index (χ0n) is 8.90. The molecule has 0 fully saturated rings. The lowest BCUT2D eigenvalue weighted by Gasteiger charge is -2.09. The molecule has 0 radical (unpaired) electrons. The fraction of sp³-hybridized carbons (Fsp3) is 0.600. The van der Waals surface area contributed by atoms with Crippen LogP contribution in [0.5, 0.6) is 0 Å². The first-order valence-electron chi connectivity index (χ1n) is 4.96. The van der Waals surface area contributed by atoms with Crippen molar-refractivity contribution in [2.75, 3.05) is 6.61 Å². The molecule has 1 unspecified atom stereocenters. The van der Waals surface area contributed by atoms with E-state index in [1.54, 1.807) is 17.8 Å². The van der Waals surface area contributed by atoms with E-state index in [2.05, 4.69) is 16.9 Å². The van der Waals surface area contributed by atoms with Crippen molar-refractivity contribution < 1.29 is 5.11 Å². The van der Waals surface area contributed by atoms with Crippen LogP contribution in [0.4, 0.5) is 0 Å². The molecule has 1 heterocycles. The molecule has 0 spiro atoms. The summed E-state index contributed by atoms with van der Waals surface area (Å²) in [5.41, 5.74) is 0. The number of aliphatic hydroxyl groups excluding tert-OH is 1. The largest absolute Gasteiger partial charge is 0.396 e. The maximum absolute atomic E-state index is 8.80. The van der Waals surface area contributed by atoms with Gasteiger partial charge in [-0.1, -0.05) is 25.4 Å². The lowest BCUT2D eigenvalue weighted by Crippen LogP contribution is -2.01. The van der Waals surface area contributed by atoms with Crippen LogP contribution in [0.2, 0.25) is 5.15 Å². The van der Waals surface area contributed by atoms with Crippen molar-refractivity contribution in [2.45, 2.75) is 37.0 Å². The van der Waals surface area contributed by atoms with Crippen LogP contribution in [0.3, 0.4) is 0 Å². The minimum absolute atomic E-state index is 0.202. The van der Waals surface area contributed by atoms with Gasteiger partial charge in [-0.25, -0.2) is 9.97 Å². The van der Waals surface area contributed by atoms with Gasteiger partial charge >= 0.3 is 0 Å². The van der Waals surface area contributed by atoms with Gasteiger partial charge in [0, 0.05) is 24.3 Å². The highest BCUT2D eigenvalue weighted by molar-refractivity contribution is 7.99. The number of hydrogen-bond donors (Lipinski definition) is 1. The molecule has 0 aliphatic heterocycles. The van der Waals surface area contributed by atoms with Crippen LogP contribution in [-0.2, 0) is 6.42 Å². The number of thioether (sulfide) groups is 1. The van der Waals surface area contributed by atoms with E-state index in [-0.39, 0.29) is 6.61 Å². The SMILES string of the molecule is CCc1nc(Cl)cc(SC(C)CCO)n1. The summed E-state index contributed by atoms with van der Waals surface area (Å²) in [6.45, 7) is 4.26. The molecule has 1 aromatic heterocycles. The summed E-state index contributed by atoms with van der Waals surface area (Å²) in [5, 5.41) is 10.5. The van der Waals surface area contributed by atoms with Gasteiger partial charge in [0.25, 0.3) is 0 Å². The molecule has 0 aliphatic carbocycles. The number of aliphatic hydroxyl groups is 1. The molecule has 84 valence electrons. The van der Waals surface area contributed by atoms with Gasteiger partial charge in [0.1, 0.15) is 16.0 Å². The second kappa shape index (κ2) is 6.30. The zero-order valence-corrected chi connectivity index (χ0v) is 10.5. The lowest BCUT2D eigenvalue weighted by atomic mass is 10.3. The van der Waals surface area contributed by atoms with Crippen molar-refractivity contribution in [2.24, 2.45) is 0 Å². The molecule has 0 amide bonds. The van der Waals surface area contributed by atoms with Crippen LogP contribution in [0.25, 0.3) is 0 Å². The summed E-state index contributed by atoms with van der Waals surface area (Å²) in [5.74, 6) is 0.765. The van der Waals surface area contributed by atoms with Gasteiger partial charge in [-0.05, 0) is 6.42 Å². The highest BCUT2D eigenvalue weighted by atomic mass is 35.5. The third kappa shape index (κ3) is 4.36. The first-order chi connectivity index (χ1) is 7.15. The van der Waals surface area contributed by atoms with Crippen LogP contribution in [0.1, 0.15) is 26.1 Å². The maximum atomic E-state index is 8.80. The van der Waals surface area contributed by atoms with Gasteiger partial charge in [-0.15, -0.1) is 11.8 Å². The predicted molar refractivity (Wildman–Crippen MR) is 63.4 cm³/mol.